The zero-order valence-electron chi connectivity index (χ0n) is 15.3. The van der Waals surface area contributed by atoms with Gasteiger partial charge in [-0.15, -0.1) is 0 Å². The van der Waals surface area contributed by atoms with Crippen LogP contribution >= 0.6 is 0 Å². The Morgan fingerprint density at radius 2 is 1.76 bits per heavy atom. The monoisotopic (exact) mass is 343 g/mol. The molecule has 1 aromatic rings. The standard InChI is InChI=1S/C20H25NO4/c1-5-25-16(23)13-6-8-14(9-7-13)21-17(24)20-11-10-19(4,15(22)12-20)18(20,2)3/h6-9H,5,10-12H2,1-4H3,(H,21,24). The number of nitrogens with one attached hydrogen (secondary N) is 1. The van der Waals surface area contributed by atoms with E-state index < -0.39 is 10.8 Å². The quantitative estimate of drug-likeness (QED) is 0.848. The van der Waals surface area contributed by atoms with E-state index in [1.807, 2.05) is 20.8 Å². The third-order valence-corrected chi connectivity index (χ3v) is 6.79. The molecule has 0 aromatic heterocycles. The van der Waals surface area contributed by atoms with Crippen LogP contribution in [0.5, 0.6) is 0 Å². The van der Waals surface area contributed by atoms with Crippen LogP contribution in [0.25, 0.3) is 0 Å². The molecule has 134 valence electrons. The van der Waals surface area contributed by atoms with E-state index in [9.17, 15) is 14.4 Å². The Morgan fingerprint density at radius 3 is 2.24 bits per heavy atom. The second kappa shape index (κ2) is 5.68. The van der Waals surface area contributed by atoms with Crippen LogP contribution in [0, 0.1) is 16.2 Å². The molecule has 0 heterocycles. The van der Waals surface area contributed by atoms with E-state index in [0.717, 1.165) is 12.8 Å². The van der Waals surface area contributed by atoms with Crippen molar-refractivity contribution >= 4 is 23.3 Å². The largest absolute Gasteiger partial charge is 0.462 e. The van der Waals surface area contributed by atoms with Crippen molar-refractivity contribution in [1.82, 2.24) is 0 Å². The first kappa shape index (κ1) is 17.6. The van der Waals surface area contributed by atoms with Gasteiger partial charge in [-0.2, -0.15) is 0 Å². The highest BCUT2D eigenvalue weighted by molar-refractivity contribution is 6.04. The molecule has 3 rings (SSSR count). The summed E-state index contributed by atoms with van der Waals surface area (Å²) in [5.41, 5.74) is -0.373. The van der Waals surface area contributed by atoms with E-state index in [1.165, 1.54) is 0 Å². The number of anilines is 1. The lowest BCUT2D eigenvalue weighted by Gasteiger charge is -2.38. The molecule has 2 aliphatic rings. The number of Topliss-reactive ketones (excluding diaryl/α,β-unsaturated/α-hetero) is 1. The minimum Gasteiger partial charge on any atom is -0.462 e. The first-order valence-electron chi connectivity index (χ1n) is 8.80. The predicted octanol–water partition coefficient (Wildman–Crippen LogP) is 3.59. The van der Waals surface area contributed by atoms with Crippen molar-refractivity contribution in [2.24, 2.45) is 16.2 Å². The fourth-order valence-corrected chi connectivity index (χ4v) is 4.52. The van der Waals surface area contributed by atoms with Gasteiger partial charge in [0.2, 0.25) is 5.91 Å². The molecule has 0 spiro atoms. The number of hydrogen-bond acceptors (Lipinski definition) is 4. The smallest absolute Gasteiger partial charge is 0.338 e. The molecule has 0 aliphatic heterocycles. The number of carbonyl (C=O) groups is 3. The molecule has 2 atom stereocenters. The normalized spacial score (nSPS) is 29.5. The van der Waals surface area contributed by atoms with Crippen LogP contribution in [0.2, 0.25) is 0 Å². The molecule has 2 bridgehead atoms. The molecule has 1 amide bonds. The number of fused-ring (bicyclic) bond motifs is 2. The van der Waals surface area contributed by atoms with E-state index in [-0.39, 0.29) is 23.1 Å². The molecule has 1 N–H and O–H groups in total. The number of rotatable bonds is 4. The SMILES string of the molecule is CCOC(=O)c1ccc(NC(=O)C23CCC(C)(C(=O)C2)C3(C)C)cc1. The van der Waals surface area contributed by atoms with E-state index in [1.54, 1.807) is 31.2 Å². The fourth-order valence-electron chi connectivity index (χ4n) is 4.52. The zero-order chi connectivity index (χ0) is 18.5. The Kier molecular flexibility index (Phi) is 4.01. The van der Waals surface area contributed by atoms with Crippen molar-refractivity contribution in [2.45, 2.75) is 47.0 Å². The van der Waals surface area contributed by atoms with E-state index in [4.69, 9.17) is 4.74 Å². The molecule has 25 heavy (non-hydrogen) atoms. The minimum atomic E-state index is -0.654. The van der Waals surface area contributed by atoms with Gasteiger partial charge in [0.25, 0.3) is 0 Å². The van der Waals surface area contributed by atoms with Crippen LogP contribution < -0.4 is 5.32 Å². The Labute approximate surface area is 148 Å². The molecule has 2 fully saturated rings. The lowest BCUT2D eigenvalue weighted by Crippen LogP contribution is -2.43. The molecule has 0 saturated heterocycles. The molecule has 0 radical (unpaired) electrons. The second-order valence-corrected chi connectivity index (χ2v) is 7.89. The van der Waals surface area contributed by atoms with Gasteiger partial charge in [0.15, 0.2) is 0 Å². The van der Waals surface area contributed by atoms with Gasteiger partial charge >= 0.3 is 5.97 Å². The van der Waals surface area contributed by atoms with E-state index in [0.29, 0.717) is 24.3 Å². The van der Waals surface area contributed by atoms with Crippen LogP contribution in [0.1, 0.15) is 57.3 Å². The highest BCUT2D eigenvalue weighted by atomic mass is 16.5. The Balaban J connectivity index is 1.79. The number of ketones is 1. The van der Waals surface area contributed by atoms with E-state index in [2.05, 4.69) is 5.32 Å². The van der Waals surface area contributed by atoms with Gasteiger partial charge in [-0.1, -0.05) is 20.8 Å². The van der Waals surface area contributed by atoms with Crippen molar-refractivity contribution < 1.29 is 19.1 Å². The molecular formula is C20H25NO4. The molecular weight excluding hydrogens is 318 g/mol. The molecule has 2 unspecified atom stereocenters. The topological polar surface area (TPSA) is 72.5 Å². The number of hydrogen-bond donors (Lipinski definition) is 1. The lowest BCUT2D eigenvalue weighted by molar-refractivity contribution is -0.131. The summed E-state index contributed by atoms with van der Waals surface area (Å²) in [6, 6.07) is 6.65. The highest BCUT2D eigenvalue weighted by Gasteiger charge is 2.72. The van der Waals surface area contributed by atoms with Crippen LogP contribution in [0.4, 0.5) is 5.69 Å². The van der Waals surface area contributed by atoms with Crippen molar-refractivity contribution in [3.63, 3.8) is 0 Å². The van der Waals surface area contributed by atoms with Crippen LogP contribution in [0.3, 0.4) is 0 Å². The summed E-state index contributed by atoms with van der Waals surface area (Å²) >= 11 is 0. The number of benzene rings is 1. The molecule has 1 aromatic carbocycles. The van der Waals surface area contributed by atoms with Crippen LogP contribution in [0.15, 0.2) is 24.3 Å². The van der Waals surface area contributed by atoms with Gasteiger partial charge in [-0.05, 0) is 49.4 Å². The number of ether oxygens (including phenoxy) is 1. The number of carbonyl (C=O) groups excluding carboxylic acids is 3. The molecule has 5 nitrogen and oxygen atoms in total. The van der Waals surface area contributed by atoms with Crippen molar-refractivity contribution in [1.29, 1.82) is 0 Å². The second-order valence-electron chi connectivity index (χ2n) is 7.89. The Hall–Kier alpha value is -2.17. The Bertz CT molecular complexity index is 737. The van der Waals surface area contributed by atoms with Gasteiger partial charge < -0.3 is 10.1 Å². The highest BCUT2D eigenvalue weighted by Crippen LogP contribution is 2.70. The van der Waals surface area contributed by atoms with Gasteiger partial charge in [0, 0.05) is 17.5 Å². The van der Waals surface area contributed by atoms with Crippen LogP contribution in [-0.4, -0.2) is 24.3 Å². The minimum absolute atomic E-state index is 0.101. The summed E-state index contributed by atoms with van der Waals surface area (Å²) in [5.74, 6) is -0.291. The summed E-state index contributed by atoms with van der Waals surface area (Å²) in [6.45, 7) is 8.14. The summed E-state index contributed by atoms with van der Waals surface area (Å²) < 4.78 is 4.96. The lowest BCUT2D eigenvalue weighted by atomic mass is 9.64. The zero-order valence-corrected chi connectivity index (χ0v) is 15.3. The maximum atomic E-state index is 13.1. The maximum Gasteiger partial charge on any atom is 0.338 e. The van der Waals surface area contributed by atoms with Gasteiger partial charge in [-0.3, -0.25) is 9.59 Å². The number of esters is 1. The summed E-state index contributed by atoms with van der Waals surface area (Å²) in [6.07, 6.45) is 1.80. The fraction of sp³-hybridized carbons (Fsp3) is 0.550. The predicted molar refractivity (Wildman–Crippen MR) is 94.2 cm³/mol. The van der Waals surface area contributed by atoms with Crippen LogP contribution in [-0.2, 0) is 14.3 Å². The third kappa shape index (κ3) is 2.32. The molecule has 5 heteroatoms. The number of amides is 1. The summed E-state index contributed by atoms with van der Waals surface area (Å²) in [7, 11) is 0. The third-order valence-electron chi connectivity index (χ3n) is 6.79. The van der Waals surface area contributed by atoms with Crippen molar-refractivity contribution in [3.8, 4) is 0 Å². The van der Waals surface area contributed by atoms with Crippen molar-refractivity contribution in [2.75, 3.05) is 11.9 Å². The first-order chi connectivity index (χ1) is 11.7. The van der Waals surface area contributed by atoms with Crippen molar-refractivity contribution in [3.05, 3.63) is 29.8 Å². The average Bonchev–Trinajstić information content (AvgIpc) is 2.86. The average molecular weight is 343 g/mol. The molecule has 2 aliphatic carbocycles. The molecule has 2 saturated carbocycles. The van der Waals surface area contributed by atoms with Gasteiger partial charge in [0.1, 0.15) is 5.78 Å². The van der Waals surface area contributed by atoms with Gasteiger partial charge in [-0.25, -0.2) is 4.79 Å². The van der Waals surface area contributed by atoms with Gasteiger partial charge in [0.05, 0.1) is 17.6 Å². The van der Waals surface area contributed by atoms with E-state index >= 15 is 0 Å². The Morgan fingerprint density at radius 1 is 1.12 bits per heavy atom. The first-order valence-corrected chi connectivity index (χ1v) is 8.80. The summed E-state index contributed by atoms with van der Waals surface area (Å²) in [4.78, 5) is 37.2. The summed E-state index contributed by atoms with van der Waals surface area (Å²) in [5, 5.41) is 2.95. The maximum absolute atomic E-state index is 13.1.